The highest BCUT2D eigenvalue weighted by atomic mass is 28.4. The average Bonchev–Trinajstić information content (AvgIpc) is 2.85. The van der Waals surface area contributed by atoms with Gasteiger partial charge in [-0.2, -0.15) is 0 Å². The number of aliphatic imine (C=N–C) groups is 1. The van der Waals surface area contributed by atoms with Crippen LogP contribution in [0.3, 0.4) is 0 Å². The first kappa shape index (κ1) is 19.2. The highest BCUT2D eigenvalue weighted by molar-refractivity contribution is 6.70. The highest BCUT2D eigenvalue weighted by Crippen LogP contribution is 2.29. The van der Waals surface area contributed by atoms with Crippen LogP contribution >= 0.6 is 0 Å². The third-order valence-electron chi connectivity index (χ3n) is 3.33. The van der Waals surface area contributed by atoms with Crippen LogP contribution in [0.5, 0.6) is 0 Å². The molecule has 0 bridgehead atoms. The van der Waals surface area contributed by atoms with Crippen molar-refractivity contribution >= 4 is 20.6 Å². The van der Waals surface area contributed by atoms with Crippen molar-refractivity contribution in [3.63, 3.8) is 0 Å². The molecule has 1 aromatic carbocycles. The van der Waals surface area contributed by atoms with Crippen molar-refractivity contribution in [1.82, 2.24) is 4.90 Å². The smallest absolute Gasteiger partial charge is 0.414 e. The van der Waals surface area contributed by atoms with Gasteiger partial charge in [-0.3, -0.25) is 4.90 Å². The van der Waals surface area contributed by atoms with Gasteiger partial charge in [0.15, 0.2) is 0 Å². The van der Waals surface area contributed by atoms with E-state index < -0.39 is 8.32 Å². The number of ether oxygens (including phenoxy) is 1. The molecular formula is C19H28N2O3Si. The Bertz CT molecular complexity index is 657. The quantitative estimate of drug-likeness (QED) is 0.424. The molecule has 1 aliphatic heterocycles. The Morgan fingerprint density at radius 1 is 1.28 bits per heavy atom. The minimum absolute atomic E-state index is 0.0771. The summed E-state index contributed by atoms with van der Waals surface area (Å²) in [5.74, 6) is 0.453. The summed E-state index contributed by atoms with van der Waals surface area (Å²) in [6.45, 7) is 12.8. The summed E-state index contributed by atoms with van der Waals surface area (Å²) < 4.78 is 11.3. The minimum atomic E-state index is -1.87. The molecule has 0 spiro atoms. The zero-order chi connectivity index (χ0) is 18.7. The maximum absolute atomic E-state index is 12.2. The van der Waals surface area contributed by atoms with Crippen LogP contribution < -0.4 is 0 Å². The Morgan fingerprint density at radius 2 is 1.92 bits per heavy atom. The number of hydrogen-bond acceptors (Lipinski definition) is 4. The summed E-state index contributed by atoms with van der Waals surface area (Å²) in [4.78, 5) is 18.3. The molecule has 0 aliphatic carbocycles. The lowest BCUT2D eigenvalue weighted by Crippen LogP contribution is -2.27. The number of hydrogen-bond donors (Lipinski definition) is 0. The van der Waals surface area contributed by atoms with E-state index in [0.29, 0.717) is 12.5 Å². The molecule has 2 rings (SSSR count). The number of carbonyl (C=O) groups is 1. The lowest BCUT2D eigenvalue weighted by Gasteiger charge is -2.23. The highest BCUT2D eigenvalue weighted by Gasteiger charge is 2.34. The Labute approximate surface area is 151 Å². The van der Waals surface area contributed by atoms with Gasteiger partial charge in [0.1, 0.15) is 6.61 Å². The summed E-state index contributed by atoms with van der Waals surface area (Å²) in [7, 11) is -1.87. The molecule has 136 valence electrons. The Balaban J connectivity index is 2.34. The number of cyclic esters (lactones) is 1. The fourth-order valence-corrected chi connectivity index (χ4v) is 3.02. The van der Waals surface area contributed by atoms with E-state index >= 15 is 0 Å². The Kier molecular flexibility index (Phi) is 5.72. The Morgan fingerprint density at radius 3 is 2.48 bits per heavy atom. The van der Waals surface area contributed by atoms with E-state index in [-0.39, 0.29) is 17.6 Å². The molecule has 25 heavy (non-hydrogen) atoms. The zero-order valence-electron chi connectivity index (χ0n) is 15.9. The zero-order valence-corrected chi connectivity index (χ0v) is 16.9. The third-order valence-corrected chi connectivity index (χ3v) is 4.16. The average molecular weight is 361 g/mol. The molecular weight excluding hydrogens is 332 g/mol. The van der Waals surface area contributed by atoms with Gasteiger partial charge in [0, 0.05) is 6.21 Å². The molecule has 1 atom stereocenters. The largest absolute Gasteiger partial charge is 0.530 e. The molecule has 0 radical (unpaired) electrons. The molecule has 0 aromatic heterocycles. The fraction of sp³-hybridized carbons (Fsp3) is 0.474. The molecule has 1 fully saturated rings. The van der Waals surface area contributed by atoms with E-state index in [2.05, 4.69) is 45.4 Å². The van der Waals surface area contributed by atoms with Gasteiger partial charge >= 0.3 is 6.09 Å². The van der Waals surface area contributed by atoms with Crippen molar-refractivity contribution in [3.05, 3.63) is 48.0 Å². The van der Waals surface area contributed by atoms with Crippen molar-refractivity contribution < 1.29 is 14.0 Å². The van der Waals surface area contributed by atoms with Crippen LogP contribution in [0.25, 0.3) is 0 Å². The predicted molar refractivity (Wildman–Crippen MR) is 103 cm³/mol. The van der Waals surface area contributed by atoms with Gasteiger partial charge in [-0.1, -0.05) is 51.1 Å². The molecule has 5 nitrogen and oxygen atoms in total. The van der Waals surface area contributed by atoms with Gasteiger partial charge in [0.05, 0.1) is 12.2 Å². The van der Waals surface area contributed by atoms with Gasteiger partial charge in [0.25, 0.3) is 0 Å². The van der Waals surface area contributed by atoms with Crippen LogP contribution in [-0.4, -0.2) is 32.1 Å². The number of nitrogens with zero attached hydrogens (tertiary/aromatic N) is 2. The Hall–Kier alpha value is -2.08. The minimum Gasteiger partial charge on any atom is -0.530 e. The first-order valence-electron chi connectivity index (χ1n) is 8.51. The number of carbonyl (C=O) groups excluding carboxylic acids is 1. The van der Waals surface area contributed by atoms with Gasteiger partial charge < -0.3 is 9.16 Å². The number of rotatable bonds is 5. The molecule has 1 heterocycles. The van der Waals surface area contributed by atoms with Gasteiger partial charge in [-0.25, -0.2) is 9.79 Å². The van der Waals surface area contributed by atoms with Gasteiger partial charge in [-0.05, 0) is 30.6 Å². The maximum Gasteiger partial charge on any atom is 0.414 e. The second-order valence-corrected chi connectivity index (χ2v) is 12.6. The van der Waals surface area contributed by atoms with E-state index in [0.717, 1.165) is 5.56 Å². The van der Waals surface area contributed by atoms with Crippen LogP contribution in [0.1, 0.15) is 32.4 Å². The van der Waals surface area contributed by atoms with Gasteiger partial charge in [0.2, 0.25) is 14.2 Å². The van der Waals surface area contributed by atoms with E-state index in [1.54, 1.807) is 11.1 Å². The van der Waals surface area contributed by atoms with E-state index in [1.165, 1.54) is 0 Å². The second kappa shape index (κ2) is 7.43. The van der Waals surface area contributed by atoms with Crippen molar-refractivity contribution in [2.45, 2.75) is 46.5 Å². The molecule has 1 saturated heterocycles. The lowest BCUT2D eigenvalue weighted by atomic mass is 9.99. The van der Waals surface area contributed by atoms with Crippen molar-refractivity contribution in [2.24, 2.45) is 10.4 Å². The monoisotopic (exact) mass is 360 g/mol. The van der Waals surface area contributed by atoms with E-state index in [4.69, 9.17) is 9.16 Å². The summed E-state index contributed by atoms with van der Waals surface area (Å²) in [5, 5.41) is 0. The molecule has 0 unspecified atom stereocenters. The molecule has 1 aliphatic rings. The van der Waals surface area contributed by atoms with Crippen molar-refractivity contribution in [1.29, 1.82) is 0 Å². The van der Waals surface area contributed by atoms with Crippen LogP contribution in [0, 0.1) is 5.41 Å². The van der Waals surface area contributed by atoms with Crippen LogP contribution in [0.15, 0.2) is 47.4 Å². The third kappa shape index (κ3) is 6.05. The summed E-state index contributed by atoms with van der Waals surface area (Å²) in [6, 6.07) is 9.68. The second-order valence-electron chi connectivity index (χ2n) is 8.22. The van der Waals surface area contributed by atoms with E-state index in [9.17, 15) is 4.79 Å². The van der Waals surface area contributed by atoms with Crippen molar-refractivity contribution in [2.75, 3.05) is 6.61 Å². The molecule has 0 saturated carbocycles. The topological polar surface area (TPSA) is 51.1 Å². The molecule has 0 N–H and O–H groups in total. The molecule has 1 aromatic rings. The van der Waals surface area contributed by atoms with Crippen molar-refractivity contribution in [3.8, 4) is 0 Å². The predicted octanol–water partition coefficient (Wildman–Crippen LogP) is 4.95. The van der Waals surface area contributed by atoms with Crippen LogP contribution in [0.4, 0.5) is 4.79 Å². The van der Waals surface area contributed by atoms with Crippen LogP contribution in [-0.2, 0) is 9.16 Å². The SMILES string of the molecule is CC(C)(C)/C=N/C(=C\N1C(=O)OC[C@@H]1c1ccccc1)O[Si](C)(C)C. The summed E-state index contributed by atoms with van der Waals surface area (Å²) >= 11 is 0. The van der Waals surface area contributed by atoms with Gasteiger partial charge in [-0.15, -0.1) is 0 Å². The first-order chi connectivity index (χ1) is 11.6. The molecule has 6 heteroatoms. The standard InChI is InChI=1S/C19H28N2O3Si/c1-19(2,3)14-20-17(24-25(4,5)6)12-21-16(13-23-18(21)22)15-10-8-7-9-11-15/h7-12,14,16H,13H2,1-6H3/b17-12+,20-14+/t16-/m1/s1. The normalized spacial score (nSPS) is 19.4. The maximum atomic E-state index is 12.2. The number of benzene rings is 1. The van der Waals surface area contributed by atoms with Crippen LogP contribution in [0.2, 0.25) is 19.6 Å². The lowest BCUT2D eigenvalue weighted by molar-refractivity contribution is 0.165. The fourth-order valence-electron chi connectivity index (χ4n) is 2.28. The number of amides is 1. The summed E-state index contributed by atoms with van der Waals surface area (Å²) in [6.07, 6.45) is 3.14. The first-order valence-corrected chi connectivity index (χ1v) is 11.9. The summed E-state index contributed by atoms with van der Waals surface area (Å²) in [5.41, 5.74) is 0.948. The molecule has 1 amide bonds. The van der Waals surface area contributed by atoms with E-state index in [1.807, 2.05) is 36.5 Å².